The number of para-hydroxylation sites is 1. The third-order valence-electron chi connectivity index (χ3n) is 2.50. The average molecular weight is 235 g/mol. The van der Waals surface area contributed by atoms with Crippen LogP contribution in [0.2, 0.25) is 25.7 Å². The Morgan fingerprint density at radius 2 is 1.88 bits per heavy atom. The molecule has 0 unspecified atom stereocenters. The highest BCUT2D eigenvalue weighted by Crippen LogP contribution is 2.17. The lowest BCUT2D eigenvalue weighted by Crippen LogP contribution is -2.20. The number of aliphatic imine (C=N–C) groups is 1. The van der Waals surface area contributed by atoms with Crippen molar-refractivity contribution in [2.45, 2.75) is 32.6 Å². The van der Waals surface area contributed by atoms with Crippen LogP contribution in [0, 0.1) is 0 Å². The summed E-state index contributed by atoms with van der Waals surface area (Å²) < 4.78 is 0. The van der Waals surface area contributed by atoms with Gasteiger partial charge in [-0.15, -0.1) is 0 Å². The van der Waals surface area contributed by atoms with E-state index < -0.39 is 8.07 Å². The lowest BCUT2D eigenvalue weighted by Gasteiger charge is -2.13. The fourth-order valence-corrected chi connectivity index (χ4v) is 2.21. The van der Waals surface area contributed by atoms with Crippen molar-refractivity contribution in [3.63, 3.8) is 0 Å². The monoisotopic (exact) mass is 235 g/mol. The summed E-state index contributed by atoms with van der Waals surface area (Å²) >= 11 is 0. The molecule has 88 valence electrons. The molecule has 0 saturated carbocycles. The van der Waals surface area contributed by atoms with Crippen LogP contribution in [0.4, 0.5) is 0 Å². The minimum Gasteiger partial charge on any atom is -0.507 e. The minimum absolute atomic E-state index is 0.316. The maximum atomic E-state index is 9.67. The third kappa shape index (κ3) is 4.19. The van der Waals surface area contributed by atoms with Gasteiger partial charge in [0.1, 0.15) is 5.75 Å². The number of benzene rings is 1. The van der Waals surface area contributed by atoms with E-state index in [1.54, 1.807) is 6.07 Å². The van der Waals surface area contributed by atoms with E-state index in [4.69, 9.17) is 0 Å². The third-order valence-corrected chi connectivity index (χ3v) is 4.23. The number of hydrogen-bond acceptors (Lipinski definition) is 2. The Kier molecular flexibility index (Phi) is 4.30. The topological polar surface area (TPSA) is 32.6 Å². The molecule has 0 amide bonds. The molecule has 0 fully saturated rings. The normalized spacial score (nSPS) is 12.9. The van der Waals surface area contributed by atoms with E-state index in [0.717, 1.165) is 17.8 Å². The second-order valence-electron chi connectivity index (χ2n) is 5.29. The maximum Gasteiger partial charge on any atom is 0.124 e. The molecule has 0 saturated heterocycles. The van der Waals surface area contributed by atoms with Crippen LogP contribution in [0.15, 0.2) is 29.3 Å². The molecule has 0 aliphatic rings. The van der Waals surface area contributed by atoms with Gasteiger partial charge in [0.25, 0.3) is 0 Å². The molecule has 1 aromatic carbocycles. The number of nitrogens with zero attached hydrogens (tertiary/aromatic N) is 1. The second-order valence-corrected chi connectivity index (χ2v) is 10.9. The van der Waals surface area contributed by atoms with E-state index in [0.29, 0.717) is 5.75 Å². The Morgan fingerprint density at radius 1 is 1.25 bits per heavy atom. The number of aromatic hydroxyl groups is 1. The number of phenols is 1. The summed E-state index contributed by atoms with van der Waals surface area (Å²) in [4.78, 5) is 4.53. The second kappa shape index (κ2) is 5.30. The maximum absolute atomic E-state index is 9.67. The summed E-state index contributed by atoms with van der Waals surface area (Å²) in [5.74, 6) is 0.316. The standard InChI is InChI=1S/C13H21NOSi/c1-11(14-9-10-16(2,3)4)12-7-5-6-8-13(12)15/h5-8,15H,9-10H2,1-4H3. The molecular formula is C13H21NOSi. The smallest absolute Gasteiger partial charge is 0.124 e. The first kappa shape index (κ1) is 13.0. The molecule has 0 atom stereocenters. The first-order valence-electron chi connectivity index (χ1n) is 5.69. The summed E-state index contributed by atoms with van der Waals surface area (Å²) in [5, 5.41) is 9.67. The fraction of sp³-hybridized carbons (Fsp3) is 0.462. The van der Waals surface area contributed by atoms with Crippen molar-refractivity contribution in [3.8, 4) is 5.75 Å². The highest BCUT2D eigenvalue weighted by molar-refractivity contribution is 6.76. The fourth-order valence-electron chi connectivity index (χ4n) is 1.42. The molecule has 1 N–H and O–H groups in total. The average Bonchev–Trinajstić information content (AvgIpc) is 2.16. The van der Waals surface area contributed by atoms with Crippen molar-refractivity contribution in [1.82, 2.24) is 0 Å². The molecule has 2 nitrogen and oxygen atoms in total. The van der Waals surface area contributed by atoms with Crippen molar-refractivity contribution < 1.29 is 5.11 Å². The van der Waals surface area contributed by atoms with Gasteiger partial charge in [-0.05, 0) is 25.1 Å². The molecular weight excluding hydrogens is 214 g/mol. The predicted octanol–water partition coefficient (Wildman–Crippen LogP) is 3.54. The molecule has 0 spiro atoms. The van der Waals surface area contributed by atoms with E-state index in [2.05, 4.69) is 24.6 Å². The van der Waals surface area contributed by atoms with Gasteiger partial charge in [0.05, 0.1) is 0 Å². The van der Waals surface area contributed by atoms with Crippen LogP contribution in [-0.2, 0) is 0 Å². The molecule has 1 aromatic rings. The zero-order valence-corrected chi connectivity index (χ0v) is 11.6. The first-order valence-corrected chi connectivity index (χ1v) is 9.40. The van der Waals surface area contributed by atoms with Gasteiger partial charge in [0.15, 0.2) is 0 Å². The Bertz CT molecular complexity index is 380. The molecule has 0 aromatic heterocycles. The van der Waals surface area contributed by atoms with E-state index in [1.807, 2.05) is 25.1 Å². The summed E-state index contributed by atoms with van der Waals surface area (Å²) in [6, 6.07) is 8.55. The lowest BCUT2D eigenvalue weighted by atomic mass is 10.1. The van der Waals surface area contributed by atoms with Crippen molar-refractivity contribution in [3.05, 3.63) is 29.8 Å². The molecule has 0 radical (unpaired) electrons. The summed E-state index contributed by atoms with van der Waals surface area (Å²) in [6.07, 6.45) is 0. The van der Waals surface area contributed by atoms with Crippen molar-refractivity contribution in [2.24, 2.45) is 4.99 Å². The molecule has 1 rings (SSSR count). The van der Waals surface area contributed by atoms with E-state index in [-0.39, 0.29) is 0 Å². The van der Waals surface area contributed by atoms with Gasteiger partial charge >= 0.3 is 0 Å². The number of rotatable bonds is 4. The van der Waals surface area contributed by atoms with Crippen molar-refractivity contribution >= 4 is 13.8 Å². The predicted molar refractivity (Wildman–Crippen MR) is 73.3 cm³/mol. The summed E-state index contributed by atoms with van der Waals surface area (Å²) in [7, 11) is -1.01. The lowest BCUT2D eigenvalue weighted by molar-refractivity contribution is 0.474. The van der Waals surface area contributed by atoms with Gasteiger partial charge in [-0.2, -0.15) is 0 Å². The van der Waals surface area contributed by atoms with E-state index in [9.17, 15) is 5.11 Å². The van der Waals surface area contributed by atoms with Crippen molar-refractivity contribution in [1.29, 1.82) is 0 Å². The number of phenolic OH excluding ortho intramolecular Hbond substituents is 1. The van der Waals surface area contributed by atoms with Crippen molar-refractivity contribution in [2.75, 3.05) is 6.54 Å². The molecule has 16 heavy (non-hydrogen) atoms. The van der Waals surface area contributed by atoms with Crippen LogP contribution in [-0.4, -0.2) is 25.4 Å². The van der Waals surface area contributed by atoms with Crippen LogP contribution in [0.3, 0.4) is 0 Å². The zero-order valence-electron chi connectivity index (χ0n) is 10.6. The summed E-state index contributed by atoms with van der Waals surface area (Å²) in [5.41, 5.74) is 1.77. The van der Waals surface area contributed by atoms with Crippen LogP contribution in [0.1, 0.15) is 12.5 Å². The van der Waals surface area contributed by atoms with Gasteiger partial charge < -0.3 is 5.11 Å². The van der Waals surface area contributed by atoms with Gasteiger partial charge in [-0.1, -0.05) is 31.8 Å². The van der Waals surface area contributed by atoms with Gasteiger partial charge in [-0.25, -0.2) is 0 Å². The SMILES string of the molecule is CC(=NCC[Si](C)(C)C)c1ccccc1O. The van der Waals surface area contributed by atoms with Crippen LogP contribution in [0.5, 0.6) is 5.75 Å². The van der Waals surface area contributed by atoms with Crippen LogP contribution < -0.4 is 0 Å². The minimum atomic E-state index is -1.01. The zero-order chi connectivity index (χ0) is 12.2. The van der Waals surface area contributed by atoms with E-state index in [1.165, 1.54) is 6.04 Å². The van der Waals surface area contributed by atoms with Crippen LogP contribution in [0.25, 0.3) is 0 Å². The quantitative estimate of drug-likeness (QED) is 0.628. The van der Waals surface area contributed by atoms with Gasteiger partial charge in [0, 0.05) is 25.9 Å². The molecule has 0 aliphatic heterocycles. The van der Waals surface area contributed by atoms with E-state index >= 15 is 0 Å². The summed E-state index contributed by atoms with van der Waals surface area (Å²) in [6.45, 7) is 9.86. The number of hydrogen-bond donors (Lipinski definition) is 1. The highest BCUT2D eigenvalue weighted by Gasteiger charge is 2.11. The Labute approximate surface area is 99.1 Å². The molecule has 0 aliphatic carbocycles. The molecule has 0 heterocycles. The first-order chi connectivity index (χ1) is 7.40. The van der Waals surface area contributed by atoms with Gasteiger partial charge in [-0.3, -0.25) is 4.99 Å². The highest BCUT2D eigenvalue weighted by atomic mass is 28.3. The Morgan fingerprint density at radius 3 is 2.44 bits per heavy atom. The molecule has 0 bridgehead atoms. The Hall–Kier alpha value is -1.09. The van der Waals surface area contributed by atoms with Gasteiger partial charge in [0.2, 0.25) is 0 Å². The van der Waals surface area contributed by atoms with Crippen LogP contribution >= 0.6 is 0 Å². The molecule has 3 heteroatoms. The Balaban J connectivity index is 2.68. The largest absolute Gasteiger partial charge is 0.507 e.